The number of nitrogens with zero attached hydrogens (tertiary/aromatic N) is 2. The Morgan fingerprint density at radius 1 is 1.43 bits per heavy atom. The van der Waals surface area contributed by atoms with Crippen molar-refractivity contribution in [1.82, 2.24) is 4.90 Å². The van der Waals surface area contributed by atoms with Crippen LogP contribution in [-0.2, 0) is 0 Å². The summed E-state index contributed by atoms with van der Waals surface area (Å²) in [4.78, 5) is 14.3. The highest BCUT2D eigenvalue weighted by Crippen LogP contribution is 2.32. The number of hydrogen-bond acceptors (Lipinski definition) is 3. The van der Waals surface area contributed by atoms with E-state index in [-0.39, 0.29) is 17.2 Å². The minimum atomic E-state index is -0.361. The third kappa shape index (κ3) is 3.49. The van der Waals surface area contributed by atoms with Gasteiger partial charge in [0.05, 0.1) is 0 Å². The number of hydrogen-bond donors (Lipinski definition) is 2. The van der Waals surface area contributed by atoms with Crippen LogP contribution in [0, 0.1) is 5.41 Å². The molecule has 0 radical (unpaired) electrons. The first kappa shape index (κ1) is 16.1. The molecule has 0 spiro atoms. The summed E-state index contributed by atoms with van der Waals surface area (Å²) >= 11 is 9.31. The summed E-state index contributed by atoms with van der Waals surface area (Å²) < 4.78 is 0.775. The predicted octanol–water partition coefficient (Wildman–Crippen LogP) is 3.09. The topological polar surface area (TPSA) is 78.9 Å². The SMILES string of the molecule is CC1(/C(N)=N/O)CCN(C(=O)c2cc(Cl)cc(Br)c2)CC1. The van der Waals surface area contributed by atoms with Crippen molar-refractivity contribution >= 4 is 39.3 Å². The first-order valence-corrected chi connectivity index (χ1v) is 7.76. The number of nitrogens with two attached hydrogens (primary N) is 1. The van der Waals surface area contributed by atoms with Crippen LogP contribution < -0.4 is 5.73 Å². The lowest BCUT2D eigenvalue weighted by Gasteiger charge is -2.38. The second kappa shape index (κ2) is 6.23. The minimum absolute atomic E-state index is 0.0558. The van der Waals surface area contributed by atoms with Gasteiger partial charge in [-0.3, -0.25) is 4.79 Å². The molecule has 1 aliphatic rings. The quantitative estimate of drug-likeness (QED) is 0.361. The van der Waals surface area contributed by atoms with Gasteiger partial charge < -0.3 is 15.8 Å². The molecule has 1 saturated heterocycles. The summed E-state index contributed by atoms with van der Waals surface area (Å²) in [7, 11) is 0. The number of amides is 1. The first-order valence-electron chi connectivity index (χ1n) is 6.59. The fourth-order valence-corrected chi connectivity index (χ4v) is 3.30. The van der Waals surface area contributed by atoms with E-state index >= 15 is 0 Å². The Morgan fingerprint density at radius 3 is 2.57 bits per heavy atom. The molecule has 0 atom stereocenters. The highest BCUT2D eigenvalue weighted by molar-refractivity contribution is 9.10. The van der Waals surface area contributed by atoms with Crippen molar-refractivity contribution in [3.8, 4) is 0 Å². The van der Waals surface area contributed by atoms with Crippen LogP contribution in [0.1, 0.15) is 30.1 Å². The van der Waals surface area contributed by atoms with Gasteiger partial charge in [0, 0.05) is 33.6 Å². The van der Waals surface area contributed by atoms with Crippen LogP contribution in [0.5, 0.6) is 0 Å². The minimum Gasteiger partial charge on any atom is -0.409 e. The lowest BCUT2D eigenvalue weighted by Crippen LogP contribution is -2.47. The van der Waals surface area contributed by atoms with E-state index in [2.05, 4.69) is 21.1 Å². The van der Waals surface area contributed by atoms with Crippen LogP contribution in [0.2, 0.25) is 5.02 Å². The van der Waals surface area contributed by atoms with Gasteiger partial charge >= 0.3 is 0 Å². The van der Waals surface area contributed by atoms with Crippen molar-refractivity contribution in [2.24, 2.45) is 16.3 Å². The third-order valence-electron chi connectivity index (χ3n) is 3.99. The molecule has 1 heterocycles. The second-order valence-corrected chi connectivity index (χ2v) is 6.85. The summed E-state index contributed by atoms with van der Waals surface area (Å²) in [6, 6.07) is 5.15. The van der Waals surface area contributed by atoms with E-state index in [1.165, 1.54) is 0 Å². The number of halogens is 2. The number of amidine groups is 1. The normalized spacial score (nSPS) is 18.6. The number of likely N-dealkylation sites (tertiary alicyclic amines) is 1. The van der Waals surface area contributed by atoms with E-state index < -0.39 is 0 Å². The van der Waals surface area contributed by atoms with E-state index in [9.17, 15) is 4.79 Å². The Kier molecular flexibility index (Phi) is 4.78. The number of benzene rings is 1. The fourth-order valence-electron chi connectivity index (χ4n) is 2.44. The zero-order chi connectivity index (χ0) is 15.6. The molecule has 1 aromatic rings. The summed E-state index contributed by atoms with van der Waals surface area (Å²) in [5.41, 5.74) is 5.92. The van der Waals surface area contributed by atoms with Crippen LogP contribution >= 0.6 is 27.5 Å². The number of oxime groups is 1. The van der Waals surface area contributed by atoms with Crippen LogP contribution in [0.15, 0.2) is 27.8 Å². The van der Waals surface area contributed by atoms with Gasteiger partial charge in [-0.1, -0.05) is 39.6 Å². The number of piperidine rings is 1. The summed E-state index contributed by atoms with van der Waals surface area (Å²) in [5, 5.41) is 12.5. The molecule has 0 bridgehead atoms. The molecule has 5 nitrogen and oxygen atoms in total. The van der Waals surface area contributed by atoms with Gasteiger partial charge in [0.25, 0.3) is 5.91 Å². The summed E-state index contributed by atoms with van der Waals surface area (Å²) in [6.45, 7) is 3.07. The zero-order valence-electron chi connectivity index (χ0n) is 11.6. The van der Waals surface area contributed by atoms with Crippen LogP contribution in [0.3, 0.4) is 0 Å². The highest BCUT2D eigenvalue weighted by Gasteiger charge is 2.35. The van der Waals surface area contributed by atoms with Gasteiger partial charge in [0.2, 0.25) is 0 Å². The Hall–Kier alpha value is -1.27. The average Bonchev–Trinajstić information content (AvgIpc) is 2.45. The Labute approximate surface area is 136 Å². The van der Waals surface area contributed by atoms with E-state index in [1.807, 2.05) is 6.92 Å². The Balaban J connectivity index is 2.10. The lowest BCUT2D eigenvalue weighted by molar-refractivity contribution is 0.0666. The highest BCUT2D eigenvalue weighted by atomic mass is 79.9. The molecule has 1 aromatic carbocycles. The van der Waals surface area contributed by atoms with Crippen molar-refractivity contribution in [3.05, 3.63) is 33.3 Å². The van der Waals surface area contributed by atoms with Gasteiger partial charge in [-0.25, -0.2) is 0 Å². The predicted molar refractivity (Wildman–Crippen MR) is 85.8 cm³/mol. The standard InChI is InChI=1S/C14H17BrClN3O2/c1-14(13(17)18-21)2-4-19(5-3-14)12(20)9-6-10(15)8-11(16)7-9/h6-8,21H,2-5H2,1H3,(H2,17,18). The first-order chi connectivity index (χ1) is 9.85. The molecule has 1 aliphatic heterocycles. The average molecular weight is 375 g/mol. The molecule has 0 unspecified atom stereocenters. The molecular formula is C14H17BrClN3O2. The molecule has 2 rings (SSSR count). The summed E-state index contributed by atoms with van der Waals surface area (Å²) in [5.74, 6) is 0.167. The third-order valence-corrected chi connectivity index (χ3v) is 4.67. The lowest BCUT2D eigenvalue weighted by atomic mass is 9.79. The van der Waals surface area contributed by atoms with Crippen LogP contribution in [0.25, 0.3) is 0 Å². The van der Waals surface area contributed by atoms with Crippen molar-refractivity contribution in [2.75, 3.05) is 13.1 Å². The number of carbonyl (C=O) groups is 1. The number of rotatable bonds is 2. The van der Waals surface area contributed by atoms with Crippen molar-refractivity contribution < 1.29 is 10.0 Å². The van der Waals surface area contributed by atoms with E-state index in [1.54, 1.807) is 23.1 Å². The van der Waals surface area contributed by atoms with Gasteiger partial charge in [0.1, 0.15) is 5.84 Å². The molecule has 0 saturated carbocycles. The van der Waals surface area contributed by atoms with E-state index in [4.69, 9.17) is 22.5 Å². The maximum atomic E-state index is 12.5. The molecule has 3 N–H and O–H groups in total. The molecule has 21 heavy (non-hydrogen) atoms. The largest absolute Gasteiger partial charge is 0.409 e. The van der Waals surface area contributed by atoms with Crippen molar-refractivity contribution in [1.29, 1.82) is 0 Å². The fraction of sp³-hybridized carbons (Fsp3) is 0.429. The molecule has 1 fully saturated rings. The van der Waals surface area contributed by atoms with Crippen LogP contribution in [-0.4, -0.2) is 34.9 Å². The van der Waals surface area contributed by atoms with E-state index in [0.717, 1.165) is 4.47 Å². The van der Waals surface area contributed by atoms with Crippen molar-refractivity contribution in [2.45, 2.75) is 19.8 Å². The molecule has 7 heteroatoms. The van der Waals surface area contributed by atoms with E-state index in [0.29, 0.717) is 36.5 Å². The van der Waals surface area contributed by atoms with Gasteiger partial charge in [-0.2, -0.15) is 0 Å². The van der Waals surface area contributed by atoms with Gasteiger partial charge in [-0.15, -0.1) is 0 Å². The monoisotopic (exact) mass is 373 g/mol. The molecule has 1 amide bonds. The Bertz CT molecular complexity index is 563. The Morgan fingerprint density at radius 2 is 2.05 bits per heavy atom. The van der Waals surface area contributed by atoms with Gasteiger partial charge in [0.15, 0.2) is 0 Å². The van der Waals surface area contributed by atoms with Crippen LogP contribution in [0.4, 0.5) is 0 Å². The molecule has 114 valence electrons. The molecular weight excluding hydrogens is 358 g/mol. The van der Waals surface area contributed by atoms with Crippen molar-refractivity contribution in [3.63, 3.8) is 0 Å². The maximum Gasteiger partial charge on any atom is 0.253 e. The van der Waals surface area contributed by atoms with Gasteiger partial charge in [-0.05, 0) is 31.0 Å². The number of carbonyl (C=O) groups excluding carboxylic acids is 1. The smallest absolute Gasteiger partial charge is 0.253 e. The molecule has 0 aliphatic carbocycles. The second-order valence-electron chi connectivity index (χ2n) is 5.50. The maximum absolute atomic E-state index is 12.5. The summed E-state index contributed by atoms with van der Waals surface area (Å²) in [6.07, 6.45) is 1.33. The molecule has 0 aromatic heterocycles. The zero-order valence-corrected chi connectivity index (χ0v) is 14.0.